The number of thioether (sulfide) groups is 1. The predicted octanol–water partition coefficient (Wildman–Crippen LogP) is 1.87. The van der Waals surface area contributed by atoms with Crippen LogP contribution in [0.3, 0.4) is 0 Å². The van der Waals surface area contributed by atoms with Gasteiger partial charge >= 0.3 is 0 Å². The predicted molar refractivity (Wildman–Crippen MR) is 77.8 cm³/mol. The van der Waals surface area contributed by atoms with E-state index in [9.17, 15) is 9.59 Å². The van der Waals surface area contributed by atoms with Gasteiger partial charge in [0, 0.05) is 24.9 Å². The van der Waals surface area contributed by atoms with E-state index in [-0.39, 0.29) is 17.9 Å². The van der Waals surface area contributed by atoms with E-state index in [2.05, 4.69) is 6.08 Å². The highest BCUT2D eigenvalue weighted by Gasteiger charge is 2.36. The molecule has 0 bridgehead atoms. The van der Waals surface area contributed by atoms with Crippen LogP contribution in [0.25, 0.3) is 0 Å². The van der Waals surface area contributed by atoms with Crippen molar-refractivity contribution in [2.75, 3.05) is 25.2 Å². The van der Waals surface area contributed by atoms with Gasteiger partial charge in [-0.3, -0.25) is 9.59 Å². The summed E-state index contributed by atoms with van der Waals surface area (Å²) in [6.07, 6.45) is 6.18. The Kier molecular flexibility index (Phi) is 4.91. The minimum atomic E-state index is -0.273. The molecule has 0 aromatic heterocycles. The number of allylic oxidation sites excluding steroid dienone is 1. The standard InChI is InChI=1S/C14H22N2O2S/c1-3-15(2)14(18)12-9-19-10-16(12)13(17)11-7-5-4-6-8-11/h7,12H,3-6,8-10H2,1-2H3. The average molecular weight is 282 g/mol. The van der Waals surface area contributed by atoms with E-state index >= 15 is 0 Å². The van der Waals surface area contributed by atoms with Crippen LogP contribution in [0.1, 0.15) is 32.6 Å². The van der Waals surface area contributed by atoms with Crippen LogP contribution in [-0.4, -0.2) is 52.9 Å². The molecule has 2 aliphatic rings. The van der Waals surface area contributed by atoms with Gasteiger partial charge in [-0.2, -0.15) is 0 Å². The third-order valence-corrected chi connectivity index (χ3v) is 4.86. The minimum Gasteiger partial charge on any atom is -0.344 e. The smallest absolute Gasteiger partial charge is 0.250 e. The molecule has 0 radical (unpaired) electrons. The van der Waals surface area contributed by atoms with Crippen molar-refractivity contribution >= 4 is 23.6 Å². The van der Waals surface area contributed by atoms with E-state index in [0.717, 1.165) is 30.6 Å². The number of rotatable bonds is 3. The van der Waals surface area contributed by atoms with Crippen molar-refractivity contribution in [2.24, 2.45) is 0 Å². The molecule has 0 aromatic carbocycles. The molecular formula is C14H22N2O2S. The fraction of sp³-hybridized carbons (Fsp3) is 0.714. The van der Waals surface area contributed by atoms with Crippen LogP contribution in [0.4, 0.5) is 0 Å². The Bertz CT molecular complexity index is 395. The minimum absolute atomic E-state index is 0.0669. The van der Waals surface area contributed by atoms with Crippen molar-refractivity contribution < 1.29 is 9.59 Å². The Morgan fingerprint density at radius 1 is 1.47 bits per heavy atom. The highest BCUT2D eigenvalue weighted by molar-refractivity contribution is 7.99. The van der Waals surface area contributed by atoms with Crippen LogP contribution in [0.15, 0.2) is 11.6 Å². The molecule has 1 aliphatic carbocycles. The Hall–Kier alpha value is -0.970. The van der Waals surface area contributed by atoms with Gasteiger partial charge in [-0.15, -0.1) is 11.8 Å². The Labute approximate surface area is 119 Å². The average Bonchev–Trinajstić information content (AvgIpc) is 2.95. The molecule has 19 heavy (non-hydrogen) atoms. The van der Waals surface area contributed by atoms with Crippen LogP contribution in [-0.2, 0) is 9.59 Å². The fourth-order valence-electron chi connectivity index (χ4n) is 2.47. The first-order chi connectivity index (χ1) is 9.15. The molecule has 1 atom stereocenters. The lowest BCUT2D eigenvalue weighted by molar-refractivity contribution is -0.140. The molecule has 2 amide bonds. The van der Waals surface area contributed by atoms with Crippen LogP contribution in [0, 0.1) is 0 Å². The van der Waals surface area contributed by atoms with Gasteiger partial charge in [0.1, 0.15) is 6.04 Å². The number of nitrogens with zero attached hydrogens (tertiary/aromatic N) is 2. The van der Waals surface area contributed by atoms with E-state index in [1.54, 1.807) is 28.6 Å². The normalized spacial score (nSPS) is 23.2. The number of carbonyl (C=O) groups excluding carboxylic acids is 2. The lowest BCUT2D eigenvalue weighted by atomic mass is 9.98. The molecule has 0 saturated carbocycles. The molecule has 0 aromatic rings. The third kappa shape index (κ3) is 3.14. The summed E-state index contributed by atoms with van der Waals surface area (Å²) in [6.45, 7) is 2.64. The maximum absolute atomic E-state index is 12.5. The number of amides is 2. The highest BCUT2D eigenvalue weighted by atomic mass is 32.2. The molecule has 1 saturated heterocycles. The van der Waals surface area contributed by atoms with E-state index in [4.69, 9.17) is 0 Å². The molecule has 5 heteroatoms. The second-order valence-electron chi connectivity index (χ2n) is 5.12. The van der Waals surface area contributed by atoms with Gasteiger partial charge in [0.05, 0.1) is 5.88 Å². The quantitative estimate of drug-likeness (QED) is 0.793. The van der Waals surface area contributed by atoms with Gasteiger partial charge in [-0.1, -0.05) is 6.08 Å². The topological polar surface area (TPSA) is 40.6 Å². The first-order valence-electron chi connectivity index (χ1n) is 6.98. The molecule has 0 spiro atoms. The largest absolute Gasteiger partial charge is 0.344 e. The van der Waals surface area contributed by atoms with Gasteiger partial charge in [-0.05, 0) is 32.6 Å². The summed E-state index contributed by atoms with van der Waals surface area (Å²) in [5, 5.41) is 0. The molecule has 0 N–H and O–H groups in total. The Morgan fingerprint density at radius 3 is 2.89 bits per heavy atom. The highest BCUT2D eigenvalue weighted by Crippen LogP contribution is 2.27. The number of hydrogen-bond acceptors (Lipinski definition) is 3. The zero-order chi connectivity index (χ0) is 13.8. The Morgan fingerprint density at radius 2 is 2.26 bits per heavy atom. The molecule has 1 aliphatic heterocycles. The summed E-state index contributed by atoms with van der Waals surface area (Å²) in [4.78, 5) is 28.2. The lowest BCUT2D eigenvalue weighted by Gasteiger charge is -2.28. The zero-order valence-electron chi connectivity index (χ0n) is 11.7. The summed E-state index contributed by atoms with van der Waals surface area (Å²) in [6, 6.07) is -0.273. The molecule has 1 unspecified atom stereocenters. The van der Waals surface area contributed by atoms with Gasteiger partial charge in [0.15, 0.2) is 0 Å². The van der Waals surface area contributed by atoms with E-state index in [1.807, 2.05) is 6.92 Å². The molecule has 4 nitrogen and oxygen atoms in total. The second-order valence-corrected chi connectivity index (χ2v) is 6.12. The maximum atomic E-state index is 12.5. The fourth-order valence-corrected chi connectivity index (χ4v) is 3.62. The van der Waals surface area contributed by atoms with Gasteiger partial charge < -0.3 is 9.80 Å². The number of likely N-dealkylation sites (N-methyl/N-ethyl adjacent to an activating group) is 1. The monoisotopic (exact) mass is 282 g/mol. The summed E-state index contributed by atoms with van der Waals surface area (Å²) < 4.78 is 0. The molecule has 1 fully saturated rings. The van der Waals surface area contributed by atoms with Crippen molar-refractivity contribution in [1.29, 1.82) is 0 Å². The van der Waals surface area contributed by atoms with Crippen LogP contribution in [0.2, 0.25) is 0 Å². The number of hydrogen-bond donors (Lipinski definition) is 0. The SMILES string of the molecule is CCN(C)C(=O)C1CSCN1C(=O)C1=CCCCC1. The summed E-state index contributed by atoms with van der Waals surface area (Å²) in [7, 11) is 1.80. The van der Waals surface area contributed by atoms with E-state index in [0.29, 0.717) is 12.4 Å². The van der Waals surface area contributed by atoms with E-state index in [1.165, 1.54) is 6.42 Å². The first-order valence-corrected chi connectivity index (χ1v) is 8.13. The van der Waals surface area contributed by atoms with Gasteiger partial charge in [-0.25, -0.2) is 0 Å². The molecular weight excluding hydrogens is 260 g/mol. The Balaban J connectivity index is 2.08. The lowest BCUT2D eigenvalue weighted by Crippen LogP contribution is -2.48. The van der Waals surface area contributed by atoms with Gasteiger partial charge in [0.2, 0.25) is 5.91 Å². The van der Waals surface area contributed by atoms with Crippen LogP contribution < -0.4 is 0 Å². The van der Waals surface area contributed by atoms with Crippen LogP contribution >= 0.6 is 11.8 Å². The van der Waals surface area contributed by atoms with Crippen molar-refractivity contribution in [3.8, 4) is 0 Å². The zero-order valence-corrected chi connectivity index (χ0v) is 12.5. The summed E-state index contributed by atoms with van der Waals surface area (Å²) in [5.41, 5.74) is 0.908. The summed E-state index contributed by atoms with van der Waals surface area (Å²) >= 11 is 1.67. The maximum Gasteiger partial charge on any atom is 0.250 e. The first kappa shape index (κ1) is 14.4. The van der Waals surface area contributed by atoms with E-state index < -0.39 is 0 Å². The molecule has 106 valence electrons. The summed E-state index contributed by atoms with van der Waals surface area (Å²) in [5.74, 6) is 1.51. The van der Waals surface area contributed by atoms with Crippen molar-refractivity contribution in [3.63, 3.8) is 0 Å². The van der Waals surface area contributed by atoms with Gasteiger partial charge in [0.25, 0.3) is 5.91 Å². The van der Waals surface area contributed by atoms with Crippen LogP contribution in [0.5, 0.6) is 0 Å². The van der Waals surface area contributed by atoms with Crippen molar-refractivity contribution in [3.05, 3.63) is 11.6 Å². The molecule has 2 rings (SSSR count). The molecule has 1 heterocycles. The number of carbonyl (C=O) groups is 2. The third-order valence-electron chi connectivity index (χ3n) is 3.84. The second kappa shape index (κ2) is 6.46. The van der Waals surface area contributed by atoms with Crippen molar-refractivity contribution in [2.45, 2.75) is 38.6 Å². The van der Waals surface area contributed by atoms with Crippen molar-refractivity contribution in [1.82, 2.24) is 9.80 Å².